The first kappa shape index (κ1) is 39.4. The molecule has 2 amide bonds. The second kappa shape index (κ2) is 17.2. The van der Waals surface area contributed by atoms with Crippen molar-refractivity contribution in [1.29, 1.82) is 0 Å². The van der Waals surface area contributed by atoms with Crippen LogP contribution < -0.4 is 15.4 Å². The molecular formula is C36H51N3O10S. The standard InChI is InChI=1S/C36H51N3O10S/c1-22(7-14-31-23(2)17-30(25(4)48-31)39-33(41)16-9-24(3)47-26(5)40)8-15-32-35(43)36(21-46-36)19-28(49-32)18-34(42)38-20-27-10-12-29(13-11-27)50(44,45)37-6/h7-13,15-16,23-25,28,30-32,35,37,43H,14,17-21H2,1-6H3,(H,38,42)(H,39,41)/b15-8+,16-9-,22-7+/t23-,24-,25+,28+,30+,31-,32+,35+,36?/m0/s1. The van der Waals surface area contributed by atoms with Crippen LogP contribution in [0.5, 0.6) is 0 Å². The molecule has 0 radical (unpaired) electrons. The van der Waals surface area contributed by atoms with E-state index in [-0.39, 0.29) is 53.8 Å². The highest BCUT2D eigenvalue weighted by Crippen LogP contribution is 2.43. The zero-order chi connectivity index (χ0) is 36.6. The van der Waals surface area contributed by atoms with Crippen molar-refractivity contribution in [3.05, 3.63) is 65.8 Å². The van der Waals surface area contributed by atoms with E-state index in [2.05, 4.69) is 28.4 Å². The Morgan fingerprint density at radius 2 is 1.82 bits per heavy atom. The third-order valence-corrected chi connectivity index (χ3v) is 10.8. The molecule has 0 aliphatic carbocycles. The number of carbonyl (C=O) groups excluding carboxylic acids is 3. The van der Waals surface area contributed by atoms with E-state index in [1.165, 1.54) is 38.3 Å². The molecule has 276 valence electrons. The third-order valence-electron chi connectivity index (χ3n) is 9.33. The molecule has 0 aromatic heterocycles. The summed E-state index contributed by atoms with van der Waals surface area (Å²) in [7, 11) is -2.19. The summed E-state index contributed by atoms with van der Waals surface area (Å²) in [5.41, 5.74) is 0.990. The lowest BCUT2D eigenvalue weighted by Crippen LogP contribution is -2.50. The van der Waals surface area contributed by atoms with Crippen molar-refractivity contribution >= 4 is 27.8 Å². The Balaban J connectivity index is 1.25. The number of hydrogen-bond acceptors (Lipinski definition) is 10. The van der Waals surface area contributed by atoms with Gasteiger partial charge in [0.2, 0.25) is 21.8 Å². The number of benzene rings is 1. The summed E-state index contributed by atoms with van der Waals surface area (Å²) in [5, 5.41) is 16.9. The van der Waals surface area contributed by atoms with Crippen LogP contribution in [-0.4, -0.2) is 93.2 Å². The molecule has 14 heteroatoms. The number of esters is 1. The Morgan fingerprint density at radius 1 is 1.12 bits per heavy atom. The number of hydrogen-bond donors (Lipinski definition) is 4. The van der Waals surface area contributed by atoms with Crippen LogP contribution in [0.3, 0.4) is 0 Å². The van der Waals surface area contributed by atoms with Gasteiger partial charge >= 0.3 is 5.97 Å². The van der Waals surface area contributed by atoms with Gasteiger partial charge < -0.3 is 34.7 Å². The number of carbonyl (C=O) groups is 3. The SMILES string of the molecule is CNS(=O)(=O)c1ccc(CNC(=O)C[C@@H]2CC3(CO3)[C@H](O)[C@@H](/C=C/C(C)=C/C[C@@H]3O[C@H](C)[C@H](NC(=O)/C=C\[C@H](C)OC(C)=O)C[C@@H]3C)O2)cc1. The van der Waals surface area contributed by atoms with E-state index in [1.54, 1.807) is 25.1 Å². The van der Waals surface area contributed by atoms with Crippen LogP contribution in [-0.2, 0) is 49.9 Å². The first-order valence-electron chi connectivity index (χ1n) is 17.0. The predicted molar refractivity (Wildman–Crippen MR) is 185 cm³/mol. The van der Waals surface area contributed by atoms with Crippen LogP contribution >= 0.6 is 0 Å². The summed E-state index contributed by atoms with van der Waals surface area (Å²) in [4.78, 5) is 36.5. The molecule has 0 saturated carbocycles. The van der Waals surface area contributed by atoms with E-state index < -0.39 is 46.0 Å². The van der Waals surface area contributed by atoms with Crippen LogP contribution in [0.4, 0.5) is 0 Å². The molecule has 4 N–H and O–H groups in total. The van der Waals surface area contributed by atoms with Gasteiger partial charge in [0.15, 0.2) is 0 Å². The molecule has 3 fully saturated rings. The molecule has 1 aromatic carbocycles. The second-order valence-corrected chi connectivity index (χ2v) is 15.4. The third kappa shape index (κ3) is 11.0. The van der Waals surface area contributed by atoms with Gasteiger partial charge in [0.25, 0.3) is 0 Å². The van der Waals surface area contributed by atoms with Crippen molar-refractivity contribution in [2.24, 2.45) is 5.92 Å². The Kier molecular flexibility index (Phi) is 13.6. The fraction of sp³-hybridized carbons (Fsp3) is 0.583. The number of aliphatic hydroxyl groups excluding tert-OH is 1. The van der Waals surface area contributed by atoms with Crippen molar-refractivity contribution in [1.82, 2.24) is 15.4 Å². The minimum absolute atomic E-state index is 0.0390. The lowest BCUT2D eigenvalue weighted by Gasteiger charge is -2.39. The minimum atomic E-state index is -3.54. The van der Waals surface area contributed by atoms with Crippen LogP contribution in [0.2, 0.25) is 0 Å². The van der Waals surface area contributed by atoms with Gasteiger partial charge in [-0.3, -0.25) is 14.4 Å². The second-order valence-electron chi connectivity index (χ2n) is 13.5. The van der Waals surface area contributed by atoms with E-state index >= 15 is 0 Å². The predicted octanol–water partition coefficient (Wildman–Crippen LogP) is 2.59. The van der Waals surface area contributed by atoms with Crippen molar-refractivity contribution in [2.45, 2.75) is 120 Å². The van der Waals surface area contributed by atoms with Crippen LogP contribution in [0.1, 0.15) is 65.9 Å². The summed E-state index contributed by atoms with van der Waals surface area (Å²) < 4.78 is 49.3. The zero-order valence-corrected chi connectivity index (χ0v) is 30.4. The molecule has 3 saturated heterocycles. The normalized spacial score (nSPS) is 30.7. The van der Waals surface area contributed by atoms with E-state index in [1.807, 2.05) is 19.9 Å². The maximum Gasteiger partial charge on any atom is 0.303 e. The Hall–Kier alpha value is -3.40. The van der Waals surface area contributed by atoms with E-state index in [0.717, 1.165) is 17.6 Å². The smallest absolute Gasteiger partial charge is 0.303 e. The van der Waals surface area contributed by atoms with Gasteiger partial charge in [-0.25, -0.2) is 13.1 Å². The number of aliphatic hydroxyl groups is 1. The molecule has 0 bridgehead atoms. The Labute approximate surface area is 294 Å². The number of nitrogens with one attached hydrogen (secondary N) is 3. The Morgan fingerprint density at radius 3 is 2.46 bits per heavy atom. The first-order chi connectivity index (χ1) is 23.6. The molecule has 1 unspecified atom stereocenters. The van der Waals surface area contributed by atoms with Crippen molar-refractivity contribution in [2.75, 3.05) is 13.7 Å². The van der Waals surface area contributed by atoms with Crippen LogP contribution in [0.25, 0.3) is 0 Å². The van der Waals surface area contributed by atoms with E-state index in [4.69, 9.17) is 18.9 Å². The lowest BCUT2D eigenvalue weighted by molar-refractivity contribution is -0.145. The molecule has 1 aromatic rings. The number of amides is 2. The molecule has 3 heterocycles. The van der Waals surface area contributed by atoms with Gasteiger partial charge in [-0.15, -0.1) is 0 Å². The number of ether oxygens (including phenoxy) is 4. The maximum atomic E-state index is 12.8. The molecule has 1 spiro atoms. The Bertz CT molecular complexity index is 1550. The largest absolute Gasteiger partial charge is 0.459 e. The van der Waals surface area contributed by atoms with Crippen LogP contribution in [0.15, 0.2) is 65.1 Å². The minimum Gasteiger partial charge on any atom is -0.459 e. The lowest BCUT2D eigenvalue weighted by atomic mass is 9.87. The zero-order valence-electron chi connectivity index (χ0n) is 29.6. The molecule has 3 aliphatic rings. The number of allylic oxidation sites excluding steroid dienone is 2. The van der Waals surface area contributed by atoms with Gasteiger partial charge in [0, 0.05) is 26.0 Å². The summed E-state index contributed by atoms with van der Waals surface area (Å²) in [6.07, 6.45) is 7.89. The summed E-state index contributed by atoms with van der Waals surface area (Å²) >= 11 is 0. The van der Waals surface area contributed by atoms with Crippen molar-refractivity contribution in [3.8, 4) is 0 Å². The fourth-order valence-corrected chi connectivity index (χ4v) is 7.00. The van der Waals surface area contributed by atoms with Crippen LogP contribution in [0, 0.1) is 5.92 Å². The summed E-state index contributed by atoms with van der Waals surface area (Å²) in [5.74, 6) is -0.717. The number of sulfonamides is 1. The van der Waals surface area contributed by atoms with Gasteiger partial charge in [-0.2, -0.15) is 0 Å². The molecule has 3 aliphatic heterocycles. The fourth-order valence-electron chi connectivity index (χ4n) is 6.27. The summed E-state index contributed by atoms with van der Waals surface area (Å²) in [6, 6.07) is 6.12. The number of rotatable bonds is 14. The quantitative estimate of drug-likeness (QED) is 0.0967. The molecular weight excluding hydrogens is 666 g/mol. The highest BCUT2D eigenvalue weighted by molar-refractivity contribution is 7.89. The topological polar surface area (TPSA) is 182 Å². The molecule has 4 rings (SSSR count). The van der Waals surface area contributed by atoms with E-state index in [9.17, 15) is 27.9 Å². The molecule has 50 heavy (non-hydrogen) atoms. The highest BCUT2D eigenvalue weighted by Gasteiger charge is 2.58. The maximum absolute atomic E-state index is 12.8. The average molecular weight is 718 g/mol. The van der Waals surface area contributed by atoms with Gasteiger partial charge in [0.05, 0.1) is 42.3 Å². The molecule has 9 atom stereocenters. The number of epoxide rings is 1. The highest BCUT2D eigenvalue weighted by atomic mass is 32.2. The van der Waals surface area contributed by atoms with Gasteiger partial charge in [-0.1, -0.05) is 42.9 Å². The van der Waals surface area contributed by atoms with Gasteiger partial charge in [-0.05, 0) is 70.4 Å². The van der Waals surface area contributed by atoms with Crippen molar-refractivity contribution < 1.29 is 46.9 Å². The van der Waals surface area contributed by atoms with E-state index in [0.29, 0.717) is 19.4 Å². The monoisotopic (exact) mass is 717 g/mol. The molecule has 13 nitrogen and oxygen atoms in total. The summed E-state index contributed by atoms with van der Waals surface area (Å²) in [6.45, 7) is 9.64. The van der Waals surface area contributed by atoms with Crippen molar-refractivity contribution in [3.63, 3.8) is 0 Å². The first-order valence-corrected chi connectivity index (χ1v) is 18.5. The average Bonchev–Trinajstić information content (AvgIpc) is 3.84. The van der Waals surface area contributed by atoms with Gasteiger partial charge in [0.1, 0.15) is 23.9 Å².